The van der Waals surface area contributed by atoms with E-state index in [1.807, 2.05) is 6.92 Å². The van der Waals surface area contributed by atoms with E-state index >= 15 is 0 Å². The highest BCUT2D eigenvalue weighted by molar-refractivity contribution is 5.82. The number of hydrogen-bond donors (Lipinski definition) is 3. The van der Waals surface area contributed by atoms with Crippen LogP contribution in [0.1, 0.15) is 45.4 Å². The molecule has 0 spiro atoms. The largest absolute Gasteiger partial charge is 0.328 e. The third-order valence-corrected chi connectivity index (χ3v) is 4.68. The predicted octanol–water partition coefficient (Wildman–Crippen LogP) is 0.932. The van der Waals surface area contributed by atoms with Crippen LogP contribution in [-0.4, -0.2) is 36.5 Å². The summed E-state index contributed by atoms with van der Waals surface area (Å²) in [5.74, 6) is -0.138. The zero-order valence-electron chi connectivity index (χ0n) is 12.3. The molecule has 7 heteroatoms. The van der Waals surface area contributed by atoms with Crippen molar-refractivity contribution in [2.45, 2.75) is 76.0 Å². The number of amides is 1. The van der Waals surface area contributed by atoms with Gasteiger partial charge in [-0.25, -0.2) is 4.39 Å². The van der Waals surface area contributed by atoms with Gasteiger partial charge in [0.05, 0.1) is 6.10 Å². The van der Waals surface area contributed by atoms with Crippen LogP contribution in [0.15, 0.2) is 0 Å². The van der Waals surface area contributed by atoms with E-state index in [-0.39, 0.29) is 30.0 Å². The summed E-state index contributed by atoms with van der Waals surface area (Å²) in [5.41, 5.74) is 5.62. The minimum absolute atomic E-state index is 0.00591. The lowest BCUT2D eigenvalue weighted by Crippen LogP contribution is -2.45. The van der Waals surface area contributed by atoms with E-state index in [1.54, 1.807) is 0 Å². The first-order valence-corrected chi connectivity index (χ1v) is 7.90. The molecular formula is C14H24FN3O3. The average Bonchev–Trinajstić information content (AvgIpc) is 3.08. The van der Waals surface area contributed by atoms with Crippen LogP contribution in [0.25, 0.3) is 0 Å². The molecule has 3 aliphatic rings. The van der Waals surface area contributed by atoms with Crippen molar-refractivity contribution in [2.75, 3.05) is 0 Å². The number of alkyl halides is 1. The summed E-state index contributed by atoms with van der Waals surface area (Å²) in [6, 6.07) is -0.358. The molecule has 3 N–H and O–H groups in total. The van der Waals surface area contributed by atoms with Crippen molar-refractivity contribution >= 4 is 5.91 Å². The van der Waals surface area contributed by atoms with E-state index < -0.39 is 12.4 Å². The molecule has 0 radical (unpaired) electrons. The molecule has 1 aliphatic carbocycles. The molecule has 0 bridgehead atoms. The van der Waals surface area contributed by atoms with E-state index in [0.717, 1.165) is 19.3 Å². The van der Waals surface area contributed by atoms with E-state index in [4.69, 9.17) is 9.68 Å². The van der Waals surface area contributed by atoms with Crippen LogP contribution in [0.5, 0.6) is 0 Å². The maximum Gasteiger partial charge on any atom is 0.241 e. The fourth-order valence-electron chi connectivity index (χ4n) is 3.46. The highest BCUT2D eigenvalue weighted by Crippen LogP contribution is 2.32. The molecule has 3 rings (SSSR count). The Bertz CT molecular complexity index is 384. The molecule has 120 valence electrons. The third kappa shape index (κ3) is 3.53. The molecule has 1 saturated carbocycles. The SMILES string of the molecule is CC1CC(C(=O)NC2CC(C3CCCCC3F)NO2)NO1. The maximum absolute atomic E-state index is 14.0. The van der Waals surface area contributed by atoms with Crippen LogP contribution >= 0.6 is 0 Å². The zero-order chi connectivity index (χ0) is 14.8. The van der Waals surface area contributed by atoms with Gasteiger partial charge >= 0.3 is 0 Å². The van der Waals surface area contributed by atoms with Gasteiger partial charge in [-0.05, 0) is 19.8 Å². The molecule has 0 aromatic rings. The summed E-state index contributed by atoms with van der Waals surface area (Å²) in [6.45, 7) is 1.91. The van der Waals surface area contributed by atoms with Crippen LogP contribution in [0, 0.1) is 5.92 Å². The van der Waals surface area contributed by atoms with Gasteiger partial charge in [-0.1, -0.05) is 12.8 Å². The normalized spacial score (nSPS) is 43.9. The van der Waals surface area contributed by atoms with Gasteiger partial charge in [-0.2, -0.15) is 11.0 Å². The van der Waals surface area contributed by atoms with Crippen molar-refractivity contribution in [1.82, 2.24) is 16.3 Å². The van der Waals surface area contributed by atoms with E-state index in [2.05, 4.69) is 16.3 Å². The first kappa shape index (κ1) is 15.1. The van der Waals surface area contributed by atoms with Gasteiger partial charge in [0.2, 0.25) is 5.91 Å². The monoisotopic (exact) mass is 301 g/mol. The lowest BCUT2D eigenvalue weighted by molar-refractivity contribution is -0.128. The number of hydroxylamine groups is 2. The van der Waals surface area contributed by atoms with Crippen molar-refractivity contribution in [3.63, 3.8) is 0 Å². The minimum Gasteiger partial charge on any atom is -0.328 e. The fourth-order valence-corrected chi connectivity index (χ4v) is 3.46. The molecule has 6 unspecified atom stereocenters. The standard InChI is InChI=1S/C14H24FN3O3/c1-8-6-12(18-20-8)14(19)16-13-7-11(17-21-13)9-4-2-3-5-10(9)15/h8-13,17-18H,2-7H2,1H3,(H,16,19). The van der Waals surface area contributed by atoms with Crippen molar-refractivity contribution in [3.8, 4) is 0 Å². The van der Waals surface area contributed by atoms with E-state index in [9.17, 15) is 9.18 Å². The van der Waals surface area contributed by atoms with Crippen molar-refractivity contribution in [1.29, 1.82) is 0 Å². The number of rotatable bonds is 3. The van der Waals surface area contributed by atoms with E-state index in [1.165, 1.54) is 0 Å². The second-order valence-corrected chi connectivity index (χ2v) is 6.37. The first-order valence-electron chi connectivity index (χ1n) is 7.90. The summed E-state index contributed by atoms with van der Waals surface area (Å²) >= 11 is 0. The number of hydrogen-bond acceptors (Lipinski definition) is 5. The number of carbonyl (C=O) groups excluding carboxylic acids is 1. The average molecular weight is 301 g/mol. The molecule has 21 heavy (non-hydrogen) atoms. The quantitative estimate of drug-likeness (QED) is 0.723. The van der Waals surface area contributed by atoms with Crippen LogP contribution in [-0.2, 0) is 14.5 Å². The Morgan fingerprint density at radius 1 is 1.19 bits per heavy atom. The molecule has 6 nitrogen and oxygen atoms in total. The Balaban J connectivity index is 1.47. The summed E-state index contributed by atoms with van der Waals surface area (Å²) in [5, 5.41) is 2.84. The van der Waals surface area contributed by atoms with Gasteiger partial charge in [0.1, 0.15) is 12.2 Å². The fraction of sp³-hybridized carbons (Fsp3) is 0.929. The summed E-state index contributed by atoms with van der Waals surface area (Å²) in [6.07, 6.45) is 3.70. The van der Waals surface area contributed by atoms with Gasteiger partial charge in [0, 0.05) is 24.8 Å². The second kappa shape index (κ2) is 6.56. The smallest absolute Gasteiger partial charge is 0.241 e. The Morgan fingerprint density at radius 2 is 2.00 bits per heavy atom. The molecule has 3 fully saturated rings. The van der Waals surface area contributed by atoms with E-state index in [0.29, 0.717) is 19.3 Å². The molecule has 6 atom stereocenters. The molecule has 0 aromatic carbocycles. The van der Waals surface area contributed by atoms with Crippen molar-refractivity contribution in [2.24, 2.45) is 5.92 Å². The molecule has 2 heterocycles. The lowest BCUT2D eigenvalue weighted by Gasteiger charge is -2.29. The van der Waals surface area contributed by atoms with Crippen LogP contribution in [0.4, 0.5) is 4.39 Å². The zero-order valence-corrected chi connectivity index (χ0v) is 12.3. The summed E-state index contributed by atoms with van der Waals surface area (Å²) in [7, 11) is 0. The molecule has 2 aliphatic heterocycles. The lowest BCUT2D eigenvalue weighted by atomic mass is 9.81. The maximum atomic E-state index is 14.0. The van der Waals surface area contributed by atoms with Gasteiger partial charge in [0.15, 0.2) is 6.23 Å². The summed E-state index contributed by atoms with van der Waals surface area (Å²) < 4.78 is 14.0. The number of nitrogens with one attached hydrogen (secondary N) is 3. The van der Waals surface area contributed by atoms with Gasteiger partial charge in [-0.3, -0.25) is 14.5 Å². The molecule has 2 saturated heterocycles. The Hall–Kier alpha value is -0.760. The van der Waals surface area contributed by atoms with Gasteiger partial charge in [0.25, 0.3) is 0 Å². The van der Waals surface area contributed by atoms with Crippen LogP contribution in [0.3, 0.4) is 0 Å². The first-order chi connectivity index (χ1) is 10.1. The molecule has 0 aromatic heterocycles. The molecular weight excluding hydrogens is 277 g/mol. The predicted molar refractivity (Wildman–Crippen MR) is 73.5 cm³/mol. The van der Waals surface area contributed by atoms with Gasteiger partial charge < -0.3 is 5.32 Å². The summed E-state index contributed by atoms with van der Waals surface area (Å²) in [4.78, 5) is 22.6. The Kier molecular flexibility index (Phi) is 4.73. The minimum atomic E-state index is -0.764. The topological polar surface area (TPSA) is 71.6 Å². The number of carbonyl (C=O) groups is 1. The van der Waals surface area contributed by atoms with Crippen molar-refractivity contribution in [3.05, 3.63) is 0 Å². The highest BCUT2D eigenvalue weighted by Gasteiger charge is 2.39. The van der Waals surface area contributed by atoms with Crippen LogP contribution in [0.2, 0.25) is 0 Å². The van der Waals surface area contributed by atoms with Crippen molar-refractivity contribution < 1.29 is 18.9 Å². The Labute approximate surface area is 124 Å². The third-order valence-electron chi connectivity index (χ3n) is 4.68. The van der Waals surface area contributed by atoms with Gasteiger partial charge in [-0.15, -0.1) is 0 Å². The highest BCUT2D eigenvalue weighted by atomic mass is 19.1. The Morgan fingerprint density at radius 3 is 2.71 bits per heavy atom. The molecule has 1 amide bonds. The van der Waals surface area contributed by atoms with Crippen LogP contribution < -0.4 is 16.3 Å². The second-order valence-electron chi connectivity index (χ2n) is 6.37. The number of halogens is 1.